The molecule has 0 spiro atoms. The van der Waals surface area contributed by atoms with Crippen molar-refractivity contribution in [2.45, 2.75) is 17.4 Å². The number of nitrogens with one attached hydrogen (secondary N) is 1. The first kappa shape index (κ1) is 21.1. The monoisotopic (exact) mass is 424 g/mol. The molecule has 1 heterocycles. The molecule has 1 fully saturated rings. The fraction of sp³-hybridized carbons (Fsp3) is 0.400. The zero-order valence-corrected chi connectivity index (χ0v) is 17.4. The molecule has 1 unspecified atom stereocenters. The third-order valence-electron chi connectivity index (χ3n) is 4.70. The Morgan fingerprint density at radius 3 is 2.75 bits per heavy atom. The largest absolute Gasteiger partial charge is 0.495 e. The summed E-state index contributed by atoms with van der Waals surface area (Å²) < 4.78 is 38.4. The predicted molar refractivity (Wildman–Crippen MR) is 109 cm³/mol. The molecule has 152 valence electrons. The number of hydrogen-bond donors (Lipinski definition) is 1. The van der Waals surface area contributed by atoms with E-state index in [2.05, 4.69) is 21.8 Å². The van der Waals surface area contributed by atoms with Gasteiger partial charge in [-0.2, -0.15) is 0 Å². The standard InChI is InChI=1S/C20H25ClN2O4S/c1-26-19-9-8-17(14-18(19)21)28(24,25)22-10-5-11-23-12-13-27-20(15-23)16-6-3-2-4-7-16/h2-4,6-9,14,20,22H,5,10-13,15H2,1H3. The van der Waals surface area contributed by atoms with Gasteiger partial charge < -0.3 is 9.47 Å². The minimum absolute atomic E-state index is 0.0630. The Kier molecular flexibility index (Phi) is 7.31. The van der Waals surface area contributed by atoms with Gasteiger partial charge in [-0.25, -0.2) is 13.1 Å². The molecule has 8 heteroatoms. The number of methoxy groups -OCH3 is 1. The summed E-state index contributed by atoms with van der Waals surface area (Å²) in [6.07, 6.45) is 0.776. The van der Waals surface area contributed by atoms with Crippen molar-refractivity contribution < 1.29 is 17.9 Å². The molecule has 0 aliphatic carbocycles. The number of nitrogens with zero attached hydrogens (tertiary/aromatic N) is 1. The molecular weight excluding hydrogens is 400 g/mol. The van der Waals surface area contributed by atoms with Crippen molar-refractivity contribution >= 4 is 21.6 Å². The molecule has 28 heavy (non-hydrogen) atoms. The zero-order valence-electron chi connectivity index (χ0n) is 15.8. The number of rotatable bonds is 8. The van der Waals surface area contributed by atoms with Crippen LogP contribution >= 0.6 is 11.6 Å². The summed E-state index contributed by atoms with van der Waals surface area (Å²) in [4.78, 5) is 2.44. The maximum atomic E-state index is 12.4. The van der Waals surface area contributed by atoms with Crippen LogP contribution in [0.4, 0.5) is 0 Å². The van der Waals surface area contributed by atoms with E-state index in [4.69, 9.17) is 21.1 Å². The second kappa shape index (κ2) is 9.71. The van der Waals surface area contributed by atoms with E-state index < -0.39 is 10.0 Å². The molecule has 0 amide bonds. The van der Waals surface area contributed by atoms with Gasteiger partial charge in [0, 0.05) is 19.6 Å². The molecule has 6 nitrogen and oxygen atoms in total. The van der Waals surface area contributed by atoms with Gasteiger partial charge in [0.1, 0.15) is 5.75 Å². The lowest BCUT2D eigenvalue weighted by molar-refractivity contribution is -0.0300. The summed E-state index contributed by atoms with van der Waals surface area (Å²) in [5.74, 6) is 0.445. The zero-order chi connectivity index (χ0) is 20.0. The fourth-order valence-corrected chi connectivity index (χ4v) is 4.60. The lowest BCUT2D eigenvalue weighted by Gasteiger charge is -2.33. The van der Waals surface area contributed by atoms with Gasteiger partial charge in [0.25, 0.3) is 0 Å². The van der Waals surface area contributed by atoms with Crippen LogP contribution in [-0.2, 0) is 14.8 Å². The van der Waals surface area contributed by atoms with Crippen LogP contribution in [0.3, 0.4) is 0 Å². The first-order valence-corrected chi connectivity index (χ1v) is 11.1. The van der Waals surface area contributed by atoms with Gasteiger partial charge in [0.15, 0.2) is 0 Å². The van der Waals surface area contributed by atoms with Gasteiger partial charge in [-0.15, -0.1) is 0 Å². The highest BCUT2D eigenvalue weighted by atomic mass is 35.5. The molecule has 1 atom stereocenters. The smallest absolute Gasteiger partial charge is 0.240 e. The first-order chi connectivity index (χ1) is 13.5. The third kappa shape index (κ3) is 5.46. The van der Waals surface area contributed by atoms with Crippen LogP contribution in [0.2, 0.25) is 5.02 Å². The number of hydrogen-bond acceptors (Lipinski definition) is 5. The van der Waals surface area contributed by atoms with E-state index in [1.54, 1.807) is 6.07 Å². The molecule has 0 bridgehead atoms. The second-order valence-electron chi connectivity index (χ2n) is 6.62. The number of morpholine rings is 1. The van der Waals surface area contributed by atoms with E-state index in [-0.39, 0.29) is 16.0 Å². The normalized spacial score (nSPS) is 18.1. The minimum atomic E-state index is -3.60. The van der Waals surface area contributed by atoms with E-state index in [0.29, 0.717) is 25.3 Å². The van der Waals surface area contributed by atoms with Crippen LogP contribution in [0.5, 0.6) is 5.75 Å². The van der Waals surface area contributed by atoms with E-state index in [1.165, 1.54) is 24.8 Å². The van der Waals surface area contributed by atoms with Crippen LogP contribution in [0, 0.1) is 0 Å². The maximum Gasteiger partial charge on any atom is 0.240 e. The average molecular weight is 425 g/mol. The van der Waals surface area contributed by atoms with E-state index in [1.807, 2.05) is 18.2 Å². The summed E-state index contributed by atoms with van der Waals surface area (Å²) in [6.45, 7) is 3.50. The van der Waals surface area contributed by atoms with Gasteiger partial charge in [0.2, 0.25) is 10.0 Å². The molecule has 1 aliphatic heterocycles. The summed E-state index contributed by atoms with van der Waals surface area (Å²) in [5.41, 5.74) is 1.17. The molecule has 0 radical (unpaired) electrons. The lowest BCUT2D eigenvalue weighted by atomic mass is 10.1. The highest BCUT2D eigenvalue weighted by Gasteiger charge is 2.22. The Hall–Kier alpha value is -1.64. The topological polar surface area (TPSA) is 67.9 Å². The number of sulfonamides is 1. The van der Waals surface area contributed by atoms with Gasteiger partial charge in [-0.1, -0.05) is 41.9 Å². The van der Waals surface area contributed by atoms with Gasteiger partial charge in [-0.3, -0.25) is 4.90 Å². The quantitative estimate of drug-likeness (QED) is 0.659. The molecule has 0 aromatic heterocycles. The molecule has 2 aromatic rings. The molecule has 1 saturated heterocycles. The summed E-state index contributed by atoms with van der Waals surface area (Å²) in [5, 5.41) is 0.269. The summed E-state index contributed by atoms with van der Waals surface area (Å²) in [7, 11) is -2.11. The van der Waals surface area contributed by atoms with Crippen LogP contribution < -0.4 is 9.46 Å². The first-order valence-electron chi connectivity index (χ1n) is 9.22. The molecular formula is C20H25ClN2O4S. The van der Waals surface area contributed by atoms with Crippen molar-refractivity contribution in [2.75, 3.05) is 39.9 Å². The molecule has 1 aliphatic rings. The Balaban J connectivity index is 1.48. The van der Waals surface area contributed by atoms with Crippen molar-refractivity contribution in [1.29, 1.82) is 0 Å². The molecule has 3 rings (SSSR count). The predicted octanol–water partition coefficient (Wildman–Crippen LogP) is 3.09. The molecule has 0 saturated carbocycles. The van der Waals surface area contributed by atoms with Gasteiger partial charge in [0.05, 0.1) is 29.7 Å². The number of ether oxygens (including phenoxy) is 2. The van der Waals surface area contributed by atoms with Crippen molar-refractivity contribution in [3.8, 4) is 5.75 Å². The van der Waals surface area contributed by atoms with Crippen LogP contribution in [0.15, 0.2) is 53.4 Å². The molecule has 2 aromatic carbocycles. The van der Waals surface area contributed by atoms with Gasteiger partial charge in [-0.05, 0) is 36.7 Å². The number of halogens is 1. The lowest BCUT2D eigenvalue weighted by Crippen LogP contribution is -2.39. The van der Waals surface area contributed by atoms with Crippen molar-refractivity contribution in [1.82, 2.24) is 9.62 Å². The Bertz CT molecular complexity index is 877. The van der Waals surface area contributed by atoms with Crippen LogP contribution in [-0.4, -0.2) is 53.2 Å². The average Bonchev–Trinajstić information content (AvgIpc) is 2.72. The van der Waals surface area contributed by atoms with Crippen molar-refractivity contribution in [3.05, 3.63) is 59.1 Å². The molecule has 1 N–H and O–H groups in total. The Morgan fingerprint density at radius 2 is 2.04 bits per heavy atom. The summed E-state index contributed by atoms with van der Waals surface area (Å²) in [6, 6.07) is 14.6. The Labute approximate surface area is 171 Å². The van der Waals surface area contributed by atoms with E-state index >= 15 is 0 Å². The Morgan fingerprint density at radius 1 is 1.25 bits per heavy atom. The van der Waals surface area contributed by atoms with Gasteiger partial charge >= 0.3 is 0 Å². The van der Waals surface area contributed by atoms with E-state index in [9.17, 15) is 8.42 Å². The fourth-order valence-electron chi connectivity index (χ4n) is 3.18. The van der Waals surface area contributed by atoms with Crippen LogP contribution in [0.1, 0.15) is 18.1 Å². The van der Waals surface area contributed by atoms with Crippen molar-refractivity contribution in [2.24, 2.45) is 0 Å². The second-order valence-corrected chi connectivity index (χ2v) is 8.79. The van der Waals surface area contributed by atoms with Crippen LogP contribution in [0.25, 0.3) is 0 Å². The SMILES string of the molecule is COc1ccc(S(=O)(=O)NCCCN2CCOC(c3ccccc3)C2)cc1Cl. The highest BCUT2D eigenvalue weighted by Crippen LogP contribution is 2.27. The minimum Gasteiger partial charge on any atom is -0.495 e. The highest BCUT2D eigenvalue weighted by molar-refractivity contribution is 7.89. The number of benzene rings is 2. The van der Waals surface area contributed by atoms with E-state index in [0.717, 1.165) is 19.6 Å². The third-order valence-corrected chi connectivity index (χ3v) is 6.45. The van der Waals surface area contributed by atoms with Crippen molar-refractivity contribution in [3.63, 3.8) is 0 Å². The maximum absolute atomic E-state index is 12.4. The summed E-state index contributed by atoms with van der Waals surface area (Å²) >= 11 is 6.03.